The van der Waals surface area contributed by atoms with Crippen molar-refractivity contribution in [3.8, 4) is 0 Å². The lowest BCUT2D eigenvalue weighted by Crippen LogP contribution is -2.44. The molecular weight excluding hydrogens is 228 g/mol. The van der Waals surface area contributed by atoms with Gasteiger partial charge < -0.3 is 15.0 Å². The first-order valence-electron chi connectivity index (χ1n) is 6.64. The van der Waals surface area contributed by atoms with Crippen molar-refractivity contribution in [3.05, 3.63) is 11.9 Å². The molecule has 0 amide bonds. The smallest absolute Gasteiger partial charge is 0.134 e. The van der Waals surface area contributed by atoms with E-state index in [1.165, 1.54) is 0 Å². The number of nitrogens with zero attached hydrogens (tertiary/aromatic N) is 3. The number of rotatable bonds is 4. The highest BCUT2D eigenvalue weighted by Gasteiger charge is 2.21. The number of aromatic nitrogens is 2. The Bertz CT molecular complexity index is 397. The minimum Gasteiger partial charge on any atom is -0.377 e. The van der Waals surface area contributed by atoms with Gasteiger partial charge in [-0.15, -0.1) is 0 Å². The van der Waals surface area contributed by atoms with E-state index in [2.05, 4.69) is 34.0 Å². The fourth-order valence-corrected chi connectivity index (χ4v) is 2.16. The Morgan fingerprint density at radius 3 is 3.00 bits per heavy atom. The van der Waals surface area contributed by atoms with Gasteiger partial charge in [0, 0.05) is 26.1 Å². The van der Waals surface area contributed by atoms with Crippen LogP contribution in [0.2, 0.25) is 0 Å². The Labute approximate surface area is 109 Å². The Kier molecular flexibility index (Phi) is 4.36. The molecule has 1 aromatic heterocycles. The number of aryl methyl sites for hydroxylation is 1. The van der Waals surface area contributed by atoms with E-state index in [0.29, 0.717) is 6.04 Å². The van der Waals surface area contributed by atoms with Crippen LogP contribution >= 0.6 is 0 Å². The Balaban J connectivity index is 2.27. The highest BCUT2D eigenvalue weighted by Crippen LogP contribution is 2.20. The van der Waals surface area contributed by atoms with Crippen molar-refractivity contribution in [2.45, 2.75) is 32.7 Å². The zero-order valence-corrected chi connectivity index (χ0v) is 11.4. The Morgan fingerprint density at radius 2 is 2.33 bits per heavy atom. The fraction of sp³-hybridized carbons (Fsp3) is 0.692. The maximum atomic E-state index is 5.47. The minimum atomic E-state index is 0.368. The van der Waals surface area contributed by atoms with Gasteiger partial charge in [0.2, 0.25) is 0 Å². The highest BCUT2D eigenvalue weighted by molar-refractivity contribution is 5.50. The molecule has 0 spiro atoms. The number of anilines is 2. The van der Waals surface area contributed by atoms with Gasteiger partial charge in [0.05, 0.1) is 19.3 Å². The zero-order chi connectivity index (χ0) is 13.0. The van der Waals surface area contributed by atoms with E-state index in [9.17, 15) is 0 Å². The van der Waals surface area contributed by atoms with Gasteiger partial charge >= 0.3 is 0 Å². The molecule has 1 saturated heterocycles. The first-order chi connectivity index (χ1) is 8.74. The van der Waals surface area contributed by atoms with Crippen molar-refractivity contribution in [1.29, 1.82) is 0 Å². The van der Waals surface area contributed by atoms with Gasteiger partial charge in [-0.05, 0) is 13.3 Å². The van der Waals surface area contributed by atoms with Crippen LogP contribution in [0.4, 0.5) is 11.6 Å². The summed E-state index contributed by atoms with van der Waals surface area (Å²) >= 11 is 0. The highest BCUT2D eigenvalue weighted by atomic mass is 16.5. The summed E-state index contributed by atoms with van der Waals surface area (Å²) in [5, 5.41) is 3.11. The van der Waals surface area contributed by atoms with Gasteiger partial charge in [0.1, 0.15) is 17.5 Å². The summed E-state index contributed by atoms with van der Waals surface area (Å²) in [6.45, 7) is 6.74. The molecule has 0 aromatic carbocycles. The molecule has 1 aliphatic rings. The maximum absolute atomic E-state index is 5.47. The van der Waals surface area contributed by atoms with Crippen molar-refractivity contribution < 1.29 is 4.74 Å². The lowest BCUT2D eigenvalue weighted by molar-refractivity contribution is 0.0985. The number of ether oxygens (including phenoxy) is 1. The molecule has 1 N–H and O–H groups in total. The number of hydrogen-bond acceptors (Lipinski definition) is 5. The molecule has 1 unspecified atom stereocenters. The van der Waals surface area contributed by atoms with E-state index in [0.717, 1.165) is 50.1 Å². The molecule has 1 fully saturated rings. The molecular formula is C13H22N4O. The molecule has 2 heterocycles. The average Bonchev–Trinajstić information content (AvgIpc) is 2.39. The summed E-state index contributed by atoms with van der Waals surface area (Å²) < 4.78 is 5.47. The topological polar surface area (TPSA) is 50.3 Å². The summed E-state index contributed by atoms with van der Waals surface area (Å²) in [7, 11) is 1.89. The minimum absolute atomic E-state index is 0.368. The summed E-state index contributed by atoms with van der Waals surface area (Å²) in [6.07, 6.45) is 1.98. The molecule has 5 heteroatoms. The predicted octanol–water partition coefficient (Wildman–Crippen LogP) is 1.70. The number of nitrogens with one attached hydrogen (secondary N) is 1. The third kappa shape index (κ3) is 2.90. The van der Waals surface area contributed by atoms with Crippen LogP contribution in [0.3, 0.4) is 0 Å². The van der Waals surface area contributed by atoms with E-state index in [-0.39, 0.29) is 0 Å². The van der Waals surface area contributed by atoms with E-state index < -0.39 is 0 Å². The summed E-state index contributed by atoms with van der Waals surface area (Å²) in [5.41, 5.74) is 0. The quantitative estimate of drug-likeness (QED) is 0.881. The van der Waals surface area contributed by atoms with Gasteiger partial charge in [-0.3, -0.25) is 0 Å². The van der Waals surface area contributed by atoms with Crippen LogP contribution in [0, 0.1) is 0 Å². The molecule has 18 heavy (non-hydrogen) atoms. The van der Waals surface area contributed by atoms with Crippen molar-refractivity contribution in [2.75, 3.05) is 37.0 Å². The first kappa shape index (κ1) is 13.1. The van der Waals surface area contributed by atoms with Gasteiger partial charge in [-0.2, -0.15) is 0 Å². The molecule has 0 bridgehead atoms. The lowest BCUT2D eigenvalue weighted by atomic mass is 10.2. The average molecular weight is 250 g/mol. The molecule has 1 aliphatic heterocycles. The van der Waals surface area contributed by atoms with Gasteiger partial charge in [-0.25, -0.2) is 9.97 Å². The summed E-state index contributed by atoms with van der Waals surface area (Å²) in [6, 6.07) is 2.38. The van der Waals surface area contributed by atoms with E-state index in [4.69, 9.17) is 4.74 Å². The van der Waals surface area contributed by atoms with Crippen LogP contribution in [0.1, 0.15) is 26.1 Å². The van der Waals surface area contributed by atoms with Gasteiger partial charge in [0.25, 0.3) is 0 Å². The second kappa shape index (κ2) is 6.00. The molecule has 2 rings (SSSR count). The lowest BCUT2D eigenvalue weighted by Gasteiger charge is -2.34. The molecule has 100 valence electrons. The number of hydrogen-bond donors (Lipinski definition) is 1. The molecule has 0 aliphatic carbocycles. The second-order valence-electron chi connectivity index (χ2n) is 4.64. The van der Waals surface area contributed by atoms with Crippen molar-refractivity contribution in [3.63, 3.8) is 0 Å². The van der Waals surface area contributed by atoms with Crippen molar-refractivity contribution in [2.24, 2.45) is 0 Å². The SMILES string of the molecule is CCCc1nc(NC)cc(N2CCOCC2C)n1. The van der Waals surface area contributed by atoms with Crippen LogP contribution in [-0.4, -0.2) is 42.8 Å². The molecule has 0 saturated carbocycles. The van der Waals surface area contributed by atoms with E-state index in [1.807, 2.05) is 13.1 Å². The molecule has 0 radical (unpaired) electrons. The van der Waals surface area contributed by atoms with Crippen molar-refractivity contribution >= 4 is 11.6 Å². The van der Waals surface area contributed by atoms with Gasteiger partial charge in [-0.1, -0.05) is 6.92 Å². The first-order valence-corrected chi connectivity index (χ1v) is 6.64. The van der Waals surface area contributed by atoms with Crippen LogP contribution in [0.15, 0.2) is 6.07 Å². The van der Waals surface area contributed by atoms with Crippen LogP contribution < -0.4 is 10.2 Å². The predicted molar refractivity (Wildman–Crippen MR) is 73.2 cm³/mol. The third-order valence-electron chi connectivity index (χ3n) is 3.15. The number of morpholine rings is 1. The molecule has 1 atom stereocenters. The molecule has 5 nitrogen and oxygen atoms in total. The van der Waals surface area contributed by atoms with Crippen molar-refractivity contribution in [1.82, 2.24) is 9.97 Å². The van der Waals surface area contributed by atoms with Crippen LogP contribution in [-0.2, 0) is 11.2 Å². The van der Waals surface area contributed by atoms with E-state index >= 15 is 0 Å². The van der Waals surface area contributed by atoms with E-state index in [1.54, 1.807) is 0 Å². The summed E-state index contributed by atoms with van der Waals surface area (Å²) in [4.78, 5) is 11.4. The largest absolute Gasteiger partial charge is 0.377 e. The monoisotopic (exact) mass is 250 g/mol. The van der Waals surface area contributed by atoms with Crippen LogP contribution in [0.5, 0.6) is 0 Å². The standard InChI is InChI=1S/C13H22N4O/c1-4-5-11-15-12(14-3)8-13(16-11)17-6-7-18-9-10(17)2/h8,10H,4-7,9H2,1-3H3,(H,14,15,16). The summed E-state index contributed by atoms with van der Waals surface area (Å²) in [5.74, 6) is 2.81. The normalized spacial score (nSPS) is 19.9. The Hall–Kier alpha value is -1.36. The third-order valence-corrected chi connectivity index (χ3v) is 3.15. The molecule has 1 aromatic rings. The van der Waals surface area contributed by atoms with Gasteiger partial charge in [0.15, 0.2) is 0 Å². The Morgan fingerprint density at radius 1 is 1.50 bits per heavy atom. The fourth-order valence-electron chi connectivity index (χ4n) is 2.16. The maximum Gasteiger partial charge on any atom is 0.134 e. The van der Waals surface area contributed by atoms with Crippen LogP contribution in [0.25, 0.3) is 0 Å². The zero-order valence-electron chi connectivity index (χ0n) is 11.4. The second-order valence-corrected chi connectivity index (χ2v) is 4.64.